The number of ketones is 1. The number of hydrogen-bond donors (Lipinski definition) is 1. The number of benzene rings is 1. The molecular formula is C22H21F3N4O4. The van der Waals surface area contributed by atoms with E-state index in [1.165, 1.54) is 50.0 Å². The monoisotopic (exact) mass is 462 g/mol. The number of aryl methyl sites for hydroxylation is 1. The molecule has 0 atom stereocenters. The number of pyridine rings is 1. The molecule has 3 rings (SSSR count). The summed E-state index contributed by atoms with van der Waals surface area (Å²) >= 11 is 0. The lowest BCUT2D eigenvalue weighted by atomic mass is 10.1. The number of halogens is 3. The van der Waals surface area contributed by atoms with Gasteiger partial charge in [0.25, 0.3) is 11.7 Å². The van der Waals surface area contributed by atoms with E-state index in [9.17, 15) is 22.8 Å². The van der Waals surface area contributed by atoms with E-state index in [0.717, 1.165) is 12.1 Å². The van der Waals surface area contributed by atoms with Gasteiger partial charge < -0.3 is 14.8 Å². The van der Waals surface area contributed by atoms with E-state index in [0.29, 0.717) is 6.61 Å². The molecule has 0 spiro atoms. The number of carbonyl (C=O) groups is 2. The van der Waals surface area contributed by atoms with Gasteiger partial charge >= 0.3 is 6.18 Å². The lowest BCUT2D eigenvalue weighted by Gasteiger charge is -2.11. The van der Waals surface area contributed by atoms with Crippen LogP contribution in [-0.2, 0) is 15.7 Å². The van der Waals surface area contributed by atoms with Crippen LogP contribution >= 0.6 is 0 Å². The second kappa shape index (κ2) is 9.82. The third-order valence-electron chi connectivity index (χ3n) is 4.69. The normalized spacial score (nSPS) is 11.3. The van der Waals surface area contributed by atoms with Crippen LogP contribution in [0.1, 0.15) is 27.3 Å². The molecule has 33 heavy (non-hydrogen) atoms. The molecular weight excluding hydrogens is 441 g/mol. The highest BCUT2D eigenvalue weighted by Crippen LogP contribution is 2.31. The van der Waals surface area contributed by atoms with Crippen molar-refractivity contribution >= 4 is 17.4 Å². The largest absolute Gasteiger partial charge is 0.474 e. The van der Waals surface area contributed by atoms with Gasteiger partial charge in [-0.1, -0.05) is 6.07 Å². The molecule has 0 aliphatic rings. The van der Waals surface area contributed by atoms with Crippen molar-refractivity contribution in [3.63, 3.8) is 0 Å². The van der Waals surface area contributed by atoms with Gasteiger partial charge in [0, 0.05) is 13.3 Å². The third kappa shape index (κ3) is 5.37. The molecule has 0 saturated heterocycles. The number of amides is 1. The number of ether oxygens (including phenoxy) is 2. The summed E-state index contributed by atoms with van der Waals surface area (Å²) in [5.41, 5.74) is -0.118. The summed E-state index contributed by atoms with van der Waals surface area (Å²) in [5, 5.41) is 6.64. The average molecular weight is 462 g/mol. The van der Waals surface area contributed by atoms with Gasteiger partial charge in [-0.3, -0.25) is 9.59 Å². The Kier molecular flexibility index (Phi) is 7.12. The van der Waals surface area contributed by atoms with E-state index >= 15 is 0 Å². The van der Waals surface area contributed by atoms with E-state index in [2.05, 4.69) is 15.4 Å². The van der Waals surface area contributed by atoms with Crippen LogP contribution in [0.4, 0.5) is 18.9 Å². The smallest absolute Gasteiger partial charge is 0.416 e. The number of Topliss-reactive ketones (excluding diaryl/α,β-unsaturated/α-hetero) is 1. The fourth-order valence-corrected chi connectivity index (χ4v) is 3.15. The maximum atomic E-state index is 13.1. The molecule has 0 aliphatic heterocycles. The zero-order valence-electron chi connectivity index (χ0n) is 18.1. The van der Waals surface area contributed by atoms with Crippen LogP contribution in [-0.4, -0.2) is 46.8 Å². The Morgan fingerprint density at radius 2 is 1.88 bits per heavy atom. The van der Waals surface area contributed by atoms with E-state index in [1.54, 1.807) is 6.07 Å². The average Bonchev–Trinajstić information content (AvgIpc) is 3.08. The second-order valence-electron chi connectivity index (χ2n) is 6.99. The van der Waals surface area contributed by atoms with Gasteiger partial charge in [0.1, 0.15) is 12.3 Å². The van der Waals surface area contributed by atoms with Crippen LogP contribution in [0, 0.1) is 13.8 Å². The van der Waals surface area contributed by atoms with Crippen molar-refractivity contribution in [3.05, 3.63) is 65.1 Å². The Balaban J connectivity index is 1.86. The number of anilines is 1. The summed E-state index contributed by atoms with van der Waals surface area (Å²) < 4.78 is 50.8. The number of rotatable bonds is 8. The number of alkyl halides is 3. The van der Waals surface area contributed by atoms with Crippen molar-refractivity contribution in [2.75, 3.05) is 25.6 Å². The molecule has 0 bridgehead atoms. The van der Waals surface area contributed by atoms with Crippen LogP contribution in [0.3, 0.4) is 0 Å². The Labute approximate surface area is 187 Å². The Morgan fingerprint density at radius 3 is 2.58 bits per heavy atom. The van der Waals surface area contributed by atoms with Gasteiger partial charge in [-0.25, -0.2) is 9.67 Å². The number of aromatic nitrogens is 3. The minimum atomic E-state index is -4.53. The SMILES string of the molecule is COCCOc1ncccc1NC(=O)C(=O)c1c(C)nn(-c2cccc(C(F)(F)F)c2)c1C. The summed E-state index contributed by atoms with van der Waals surface area (Å²) in [6, 6.07) is 7.62. The highest BCUT2D eigenvalue weighted by molar-refractivity contribution is 6.47. The van der Waals surface area contributed by atoms with Crippen molar-refractivity contribution in [2.45, 2.75) is 20.0 Å². The zero-order chi connectivity index (χ0) is 24.2. The van der Waals surface area contributed by atoms with Crippen LogP contribution in [0.15, 0.2) is 42.6 Å². The first kappa shape index (κ1) is 23.9. The molecule has 1 N–H and O–H groups in total. The van der Waals surface area contributed by atoms with Crippen LogP contribution in [0.5, 0.6) is 5.88 Å². The number of hydrogen-bond acceptors (Lipinski definition) is 6. The summed E-state index contributed by atoms with van der Waals surface area (Å²) in [6.07, 6.45) is -3.07. The first-order valence-electron chi connectivity index (χ1n) is 9.79. The molecule has 0 radical (unpaired) electrons. The van der Waals surface area contributed by atoms with Gasteiger partial charge in [0.05, 0.1) is 34.8 Å². The van der Waals surface area contributed by atoms with Crippen LogP contribution < -0.4 is 10.1 Å². The predicted molar refractivity (Wildman–Crippen MR) is 113 cm³/mol. The molecule has 0 saturated carbocycles. The maximum Gasteiger partial charge on any atom is 0.416 e. The topological polar surface area (TPSA) is 95.3 Å². The van der Waals surface area contributed by atoms with Crippen molar-refractivity contribution in [1.29, 1.82) is 0 Å². The molecule has 0 aliphatic carbocycles. The maximum absolute atomic E-state index is 13.1. The molecule has 1 amide bonds. The van der Waals surface area contributed by atoms with Gasteiger partial charge in [-0.15, -0.1) is 0 Å². The molecule has 3 aromatic rings. The number of methoxy groups -OCH3 is 1. The van der Waals surface area contributed by atoms with E-state index in [1.807, 2.05) is 0 Å². The quantitative estimate of drug-likeness (QED) is 0.311. The Hall–Kier alpha value is -3.73. The first-order chi connectivity index (χ1) is 15.6. The molecule has 2 heterocycles. The number of nitrogens with one attached hydrogen (secondary N) is 1. The van der Waals surface area contributed by atoms with E-state index in [4.69, 9.17) is 9.47 Å². The third-order valence-corrected chi connectivity index (χ3v) is 4.69. The minimum absolute atomic E-state index is 0.00402. The van der Waals surface area contributed by atoms with Gasteiger partial charge in [-0.2, -0.15) is 18.3 Å². The zero-order valence-corrected chi connectivity index (χ0v) is 18.1. The highest BCUT2D eigenvalue weighted by atomic mass is 19.4. The van der Waals surface area contributed by atoms with Crippen molar-refractivity contribution in [3.8, 4) is 11.6 Å². The molecule has 0 unspecified atom stereocenters. The molecule has 2 aromatic heterocycles. The van der Waals surface area contributed by atoms with Gasteiger partial charge in [0.15, 0.2) is 0 Å². The minimum Gasteiger partial charge on any atom is -0.474 e. The van der Waals surface area contributed by atoms with E-state index < -0.39 is 23.4 Å². The molecule has 0 fully saturated rings. The Bertz CT molecular complexity index is 1170. The molecule has 174 valence electrons. The molecule has 11 heteroatoms. The van der Waals surface area contributed by atoms with Crippen molar-refractivity contribution in [1.82, 2.24) is 14.8 Å². The summed E-state index contributed by atoms with van der Waals surface area (Å²) in [7, 11) is 1.51. The molecule has 8 nitrogen and oxygen atoms in total. The fraction of sp³-hybridized carbons (Fsp3) is 0.273. The lowest BCUT2D eigenvalue weighted by molar-refractivity contribution is -0.137. The summed E-state index contributed by atoms with van der Waals surface area (Å²) in [4.78, 5) is 29.6. The second-order valence-corrected chi connectivity index (χ2v) is 6.99. The first-order valence-corrected chi connectivity index (χ1v) is 9.79. The van der Waals surface area contributed by atoms with E-state index in [-0.39, 0.29) is 40.8 Å². The fourth-order valence-electron chi connectivity index (χ4n) is 3.15. The predicted octanol–water partition coefficient (Wildman–Crippen LogP) is 3.75. The van der Waals surface area contributed by atoms with Crippen molar-refractivity contribution < 1.29 is 32.2 Å². The Morgan fingerprint density at radius 1 is 1.12 bits per heavy atom. The standard InChI is InChI=1S/C22H21F3N4O4/c1-13-18(14(2)29(28-13)16-7-4-6-15(12-16)22(23,24)25)19(30)20(31)27-17-8-5-9-26-21(17)33-11-10-32-3/h4-9,12H,10-11H2,1-3H3,(H,27,31). The van der Waals surface area contributed by atoms with Crippen LogP contribution in [0.2, 0.25) is 0 Å². The lowest BCUT2D eigenvalue weighted by Crippen LogP contribution is -2.24. The summed E-state index contributed by atoms with van der Waals surface area (Å²) in [5.74, 6) is -1.74. The van der Waals surface area contributed by atoms with Crippen molar-refractivity contribution in [2.24, 2.45) is 0 Å². The van der Waals surface area contributed by atoms with Crippen LogP contribution in [0.25, 0.3) is 5.69 Å². The van der Waals surface area contributed by atoms with Gasteiger partial charge in [0.2, 0.25) is 5.88 Å². The summed E-state index contributed by atoms with van der Waals surface area (Å²) in [6.45, 7) is 3.49. The number of carbonyl (C=O) groups excluding carboxylic acids is 2. The molecule has 1 aromatic carbocycles. The van der Waals surface area contributed by atoms with Gasteiger partial charge in [-0.05, 0) is 44.2 Å². The number of nitrogens with zero attached hydrogens (tertiary/aromatic N) is 3. The highest BCUT2D eigenvalue weighted by Gasteiger charge is 2.31.